The van der Waals surface area contributed by atoms with E-state index in [0.29, 0.717) is 6.04 Å². The second-order valence-corrected chi connectivity index (χ2v) is 6.81. The third-order valence-corrected chi connectivity index (χ3v) is 3.89. The molecule has 0 bridgehead atoms. The highest BCUT2D eigenvalue weighted by Crippen LogP contribution is 2.26. The van der Waals surface area contributed by atoms with Crippen molar-refractivity contribution in [2.45, 2.75) is 53.0 Å². The predicted octanol–water partition coefficient (Wildman–Crippen LogP) is 4.92. The number of aryl methyl sites for hydroxylation is 1. The minimum absolute atomic E-state index is 0.216. The van der Waals surface area contributed by atoms with E-state index in [-0.39, 0.29) is 11.2 Å². The summed E-state index contributed by atoms with van der Waals surface area (Å²) in [6.07, 6.45) is 3.03. The molecule has 0 radical (unpaired) electrons. The van der Waals surface area contributed by atoms with Crippen molar-refractivity contribution in [1.29, 1.82) is 0 Å². The summed E-state index contributed by atoms with van der Waals surface area (Å²) in [5, 5.41) is 4.47. The molecule has 1 heterocycles. The number of furan rings is 1. The molecule has 3 heteroatoms. The Bertz CT molecular complexity index is 582. The first kappa shape index (κ1) is 16.0. The lowest BCUT2D eigenvalue weighted by atomic mass is 9.83. The van der Waals surface area contributed by atoms with E-state index in [0.717, 1.165) is 42.5 Å². The van der Waals surface area contributed by atoms with E-state index in [1.54, 1.807) is 6.07 Å². The summed E-state index contributed by atoms with van der Waals surface area (Å²) in [5.74, 6) is 0.718. The lowest BCUT2D eigenvalue weighted by Crippen LogP contribution is -2.41. The molecule has 0 spiro atoms. The van der Waals surface area contributed by atoms with Crippen LogP contribution in [-0.2, 0) is 6.42 Å². The van der Waals surface area contributed by atoms with Crippen LogP contribution in [0.3, 0.4) is 0 Å². The van der Waals surface area contributed by atoms with Gasteiger partial charge in [-0.3, -0.25) is 0 Å². The third-order valence-electron chi connectivity index (χ3n) is 3.89. The number of nitrogens with one attached hydrogen (secondary N) is 1. The van der Waals surface area contributed by atoms with Gasteiger partial charge in [0, 0.05) is 17.8 Å². The molecule has 116 valence electrons. The van der Waals surface area contributed by atoms with Crippen LogP contribution >= 0.6 is 0 Å². The van der Waals surface area contributed by atoms with Crippen LogP contribution in [0.15, 0.2) is 28.7 Å². The van der Waals surface area contributed by atoms with Crippen molar-refractivity contribution < 1.29 is 8.81 Å². The molecule has 1 unspecified atom stereocenters. The van der Waals surface area contributed by atoms with Crippen molar-refractivity contribution in [2.24, 2.45) is 5.41 Å². The van der Waals surface area contributed by atoms with Crippen LogP contribution in [0.1, 0.15) is 46.3 Å². The van der Waals surface area contributed by atoms with Crippen molar-refractivity contribution in [3.05, 3.63) is 35.8 Å². The van der Waals surface area contributed by atoms with Gasteiger partial charge in [-0.15, -0.1) is 0 Å². The topological polar surface area (TPSA) is 25.2 Å². The molecule has 1 aromatic heterocycles. The van der Waals surface area contributed by atoms with Crippen LogP contribution in [0.4, 0.5) is 4.39 Å². The molecule has 0 aliphatic heterocycles. The second-order valence-electron chi connectivity index (χ2n) is 6.81. The van der Waals surface area contributed by atoms with Crippen LogP contribution in [0.2, 0.25) is 0 Å². The highest BCUT2D eigenvalue weighted by molar-refractivity contribution is 5.77. The normalized spacial score (nSPS) is 13.8. The summed E-state index contributed by atoms with van der Waals surface area (Å²) in [7, 11) is 0. The number of hydrogen-bond donors (Lipinski definition) is 1. The molecule has 2 aromatic rings. The first-order valence-corrected chi connectivity index (χ1v) is 7.81. The van der Waals surface area contributed by atoms with Gasteiger partial charge in [-0.05, 0) is 49.1 Å². The smallest absolute Gasteiger partial charge is 0.134 e. The van der Waals surface area contributed by atoms with Crippen LogP contribution in [0.25, 0.3) is 11.0 Å². The van der Waals surface area contributed by atoms with Crippen LogP contribution in [0, 0.1) is 11.2 Å². The molecule has 1 N–H and O–H groups in total. The van der Waals surface area contributed by atoms with Crippen molar-refractivity contribution in [1.82, 2.24) is 5.32 Å². The maximum Gasteiger partial charge on any atom is 0.134 e. The minimum Gasteiger partial charge on any atom is -0.461 e. The fraction of sp³-hybridized carbons (Fsp3) is 0.556. The Morgan fingerprint density at radius 1 is 1.24 bits per heavy atom. The summed E-state index contributed by atoms with van der Waals surface area (Å²) in [4.78, 5) is 0. The number of halogens is 1. The zero-order valence-corrected chi connectivity index (χ0v) is 13.5. The Kier molecular flexibility index (Phi) is 5.04. The molecule has 1 atom stereocenters. The number of hydrogen-bond acceptors (Lipinski definition) is 2. The maximum atomic E-state index is 13.2. The van der Waals surface area contributed by atoms with Gasteiger partial charge < -0.3 is 9.73 Å². The molecule has 0 aliphatic rings. The number of benzene rings is 1. The van der Waals surface area contributed by atoms with Gasteiger partial charge in [-0.25, -0.2) is 4.39 Å². The average Bonchev–Trinajstić information content (AvgIpc) is 2.79. The summed E-state index contributed by atoms with van der Waals surface area (Å²) in [6, 6.07) is 7.07. The van der Waals surface area contributed by atoms with E-state index in [1.807, 2.05) is 6.07 Å². The van der Waals surface area contributed by atoms with Crippen molar-refractivity contribution in [3.8, 4) is 0 Å². The first-order valence-electron chi connectivity index (χ1n) is 7.81. The molecule has 0 fully saturated rings. The zero-order chi connectivity index (χ0) is 15.5. The molecule has 0 saturated carbocycles. The summed E-state index contributed by atoms with van der Waals surface area (Å²) < 4.78 is 19.0. The number of rotatable bonds is 6. The Morgan fingerprint density at radius 3 is 2.67 bits per heavy atom. The van der Waals surface area contributed by atoms with E-state index in [4.69, 9.17) is 4.42 Å². The quantitative estimate of drug-likeness (QED) is 0.817. The molecule has 0 saturated heterocycles. The summed E-state index contributed by atoms with van der Waals surface area (Å²) in [5.41, 5.74) is 0.980. The van der Waals surface area contributed by atoms with Gasteiger partial charge in [0.25, 0.3) is 0 Å². The molecule has 2 rings (SSSR count). The van der Waals surface area contributed by atoms with Gasteiger partial charge >= 0.3 is 0 Å². The van der Waals surface area contributed by atoms with E-state index in [2.05, 4.69) is 33.0 Å². The standard InChI is InChI=1S/C18H26FNO/c1-5-10-20-17(18(2,3)4)9-7-15-12-13-11-14(19)6-8-16(13)21-15/h6,8,11-12,17,20H,5,7,9-10H2,1-4H3. The molecule has 0 aliphatic carbocycles. The van der Waals surface area contributed by atoms with Crippen molar-refractivity contribution in [3.63, 3.8) is 0 Å². The number of fused-ring (bicyclic) bond motifs is 1. The van der Waals surface area contributed by atoms with Gasteiger partial charge in [0.1, 0.15) is 17.2 Å². The highest BCUT2D eigenvalue weighted by Gasteiger charge is 2.23. The van der Waals surface area contributed by atoms with Gasteiger partial charge in [-0.2, -0.15) is 0 Å². The van der Waals surface area contributed by atoms with E-state index < -0.39 is 0 Å². The van der Waals surface area contributed by atoms with Crippen molar-refractivity contribution >= 4 is 11.0 Å². The van der Waals surface area contributed by atoms with Crippen LogP contribution in [-0.4, -0.2) is 12.6 Å². The zero-order valence-electron chi connectivity index (χ0n) is 13.5. The van der Waals surface area contributed by atoms with Crippen molar-refractivity contribution in [2.75, 3.05) is 6.54 Å². The van der Waals surface area contributed by atoms with E-state index in [1.165, 1.54) is 12.1 Å². The molecule has 21 heavy (non-hydrogen) atoms. The van der Waals surface area contributed by atoms with Gasteiger partial charge in [-0.1, -0.05) is 27.7 Å². The Balaban J connectivity index is 2.04. The van der Waals surface area contributed by atoms with Gasteiger partial charge in [0.15, 0.2) is 0 Å². The first-order chi connectivity index (χ1) is 9.90. The minimum atomic E-state index is -0.216. The van der Waals surface area contributed by atoms with E-state index >= 15 is 0 Å². The fourth-order valence-electron chi connectivity index (χ4n) is 2.64. The molecular weight excluding hydrogens is 265 g/mol. The van der Waals surface area contributed by atoms with Crippen LogP contribution < -0.4 is 5.32 Å². The lowest BCUT2D eigenvalue weighted by Gasteiger charge is -2.31. The Hall–Kier alpha value is -1.35. The molecule has 1 aromatic carbocycles. The molecular formula is C18H26FNO. The predicted molar refractivity (Wildman–Crippen MR) is 86.0 cm³/mol. The fourth-order valence-corrected chi connectivity index (χ4v) is 2.64. The Morgan fingerprint density at radius 2 is 2.00 bits per heavy atom. The highest BCUT2D eigenvalue weighted by atomic mass is 19.1. The largest absolute Gasteiger partial charge is 0.461 e. The Labute approximate surface area is 126 Å². The average molecular weight is 291 g/mol. The van der Waals surface area contributed by atoms with Crippen LogP contribution in [0.5, 0.6) is 0 Å². The van der Waals surface area contributed by atoms with Gasteiger partial charge in [0.05, 0.1) is 0 Å². The maximum absolute atomic E-state index is 13.2. The van der Waals surface area contributed by atoms with E-state index in [9.17, 15) is 4.39 Å². The van der Waals surface area contributed by atoms with Gasteiger partial charge in [0.2, 0.25) is 0 Å². The lowest BCUT2D eigenvalue weighted by molar-refractivity contribution is 0.252. The molecule has 0 amide bonds. The summed E-state index contributed by atoms with van der Waals surface area (Å²) >= 11 is 0. The molecule has 2 nitrogen and oxygen atoms in total. The summed E-state index contributed by atoms with van der Waals surface area (Å²) in [6.45, 7) is 9.99. The second kappa shape index (κ2) is 6.61. The SMILES string of the molecule is CCCNC(CCc1cc2cc(F)ccc2o1)C(C)(C)C. The third kappa shape index (κ3) is 4.31. The monoisotopic (exact) mass is 291 g/mol.